The van der Waals surface area contributed by atoms with Crippen LogP contribution in [0.1, 0.15) is 77.0 Å². The van der Waals surface area contributed by atoms with Gasteiger partial charge in [-0.25, -0.2) is 0 Å². The first-order chi connectivity index (χ1) is 14.2. The van der Waals surface area contributed by atoms with Crippen molar-refractivity contribution >= 4 is 0 Å². The Labute approximate surface area is 178 Å². The lowest BCUT2D eigenvalue weighted by molar-refractivity contribution is -0.101. The van der Waals surface area contributed by atoms with Gasteiger partial charge in [-0.15, -0.1) is 0 Å². The SMILES string of the molecule is CNC1CCC(N2CN(C3CCC(N)CC3)CN(C3CCC(NC)CC3)C2)CC1. The summed E-state index contributed by atoms with van der Waals surface area (Å²) in [6.07, 6.45) is 15.8. The van der Waals surface area contributed by atoms with Crippen LogP contribution in [0, 0.1) is 0 Å². The van der Waals surface area contributed by atoms with Crippen molar-refractivity contribution in [1.82, 2.24) is 25.3 Å². The summed E-state index contributed by atoms with van der Waals surface area (Å²) < 4.78 is 0. The summed E-state index contributed by atoms with van der Waals surface area (Å²) in [4.78, 5) is 8.51. The predicted molar refractivity (Wildman–Crippen MR) is 121 cm³/mol. The molecule has 1 aliphatic heterocycles. The molecule has 0 amide bonds. The fourth-order valence-electron chi connectivity index (χ4n) is 6.45. The zero-order chi connectivity index (χ0) is 20.2. The van der Waals surface area contributed by atoms with Crippen molar-refractivity contribution in [2.24, 2.45) is 5.73 Å². The first-order valence-corrected chi connectivity index (χ1v) is 12.5. The minimum Gasteiger partial charge on any atom is -0.328 e. The average molecular weight is 407 g/mol. The summed E-state index contributed by atoms with van der Waals surface area (Å²) in [5, 5.41) is 7.01. The fraction of sp³-hybridized carbons (Fsp3) is 1.00. The molecule has 0 radical (unpaired) electrons. The van der Waals surface area contributed by atoms with E-state index in [-0.39, 0.29) is 0 Å². The van der Waals surface area contributed by atoms with Crippen LogP contribution < -0.4 is 16.4 Å². The minimum atomic E-state index is 0.442. The van der Waals surface area contributed by atoms with E-state index in [1.807, 2.05) is 0 Å². The summed E-state index contributed by atoms with van der Waals surface area (Å²) in [5.74, 6) is 0. The zero-order valence-electron chi connectivity index (χ0n) is 19.0. The summed E-state index contributed by atoms with van der Waals surface area (Å²) in [7, 11) is 4.26. The third kappa shape index (κ3) is 5.52. The number of hydrogen-bond donors (Lipinski definition) is 3. The predicted octanol–water partition coefficient (Wildman–Crippen LogP) is 2.11. The Hall–Kier alpha value is -0.240. The van der Waals surface area contributed by atoms with Gasteiger partial charge in [0.15, 0.2) is 0 Å². The second-order valence-corrected chi connectivity index (χ2v) is 10.3. The van der Waals surface area contributed by atoms with E-state index in [4.69, 9.17) is 5.73 Å². The normalized spacial score (nSPS) is 41.5. The lowest BCUT2D eigenvalue weighted by Crippen LogP contribution is -2.63. The highest BCUT2D eigenvalue weighted by Crippen LogP contribution is 2.32. The van der Waals surface area contributed by atoms with Crippen molar-refractivity contribution in [2.45, 2.75) is 113 Å². The molecule has 4 aliphatic rings. The zero-order valence-corrected chi connectivity index (χ0v) is 19.0. The van der Waals surface area contributed by atoms with Crippen LogP contribution in [-0.2, 0) is 0 Å². The van der Waals surface area contributed by atoms with Gasteiger partial charge < -0.3 is 16.4 Å². The monoisotopic (exact) mass is 406 g/mol. The van der Waals surface area contributed by atoms with Crippen LogP contribution in [0.2, 0.25) is 0 Å². The Balaban J connectivity index is 1.41. The molecule has 3 saturated carbocycles. The Morgan fingerprint density at radius 3 is 1.14 bits per heavy atom. The van der Waals surface area contributed by atoms with Crippen LogP contribution in [0.3, 0.4) is 0 Å². The lowest BCUT2D eigenvalue weighted by Gasteiger charge is -2.52. The van der Waals surface area contributed by atoms with Crippen molar-refractivity contribution < 1.29 is 0 Å². The molecule has 3 aliphatic carbocycles. The van der Waals surface area contributed by atoms with Crippen LogP contribution >= 0.6 is 0 Å². The number of hydrogen-bond acceptors (Lipinski definition) is 6. The second kappa shape index (κ2) is 10.4. The van der Waals surface area contributed by atoms with Gasteiger partial charge in [-0.05, 0) is 91.1 Å². The molecule has 168 valence electrons. The van der Waals surface area contributed by atoms with Gasteiger partial charge in [0.2, 0.25) is 0 Å². The molecule has 4 N–H and O–H groups in total. The van der Waals surface area contributed by atoms with E-state index in [1.165, 1.54) is 97.1 Å². The molecule has 1 heterocycles. The largest absolute Gasteiger partial charge is 0.328 e. The molecule has 4 fully saturated rings. The van der Waals surface area contributed by atoms with Crippen molar-refractivity contribution in [3.05, 3.63) is 0 Å². The van der Waals surface area contributed by atoms with Gasteiger partial charge in [0.25, 0.3) is 0 Å². The van der Waals surface area contributed by atoms with Crippen LogP contribution in [0.25, 0.3) is 0 Å². The highest BCUT2D eigenvalue weighted by Gasteiger charge is 2.37. The highest BCUT2D eigenvalue weighted by atomic mass is 15.5. The Bertz CT molecular complexity index is 446. The van der Waals surface area contributed by atoms with Gasteiger partial charge in [0, 0.05) is 36.3 Å². The molecule has 6 heteroatoms. The molecule has 0 spiro atoms. The summed E-state index contributed by atoms with van der Waals surface area (Å²) in [5.41, 5.74) is 6.22. The first kappa shape index (κ1) is 22.0. The van der Waals surface area contributed by atoms with E-state index >= 15 is 0 Å². The van der Waals surface area contributed by atoms with E-state index in [2.05, 4.69) is 39.4 Å². The minimum absolute atomic E-state index is 0.442. The highest BCUT2D eigenvalue weighted by molar-refractivity contribution is 4.90. The third-order valence-electron chi connectivity index (χ3n) is 8.59. The standard InChI is InChI=1S/C23H46N6/c1-25-19-5-11-22(12-6-19)28-15-27(21-9-3-18(24)4-10-21)16-29(17-28)23-13-7-20(26-2)8-14-23/h18-23,25-26H,3-17,24H2,1-2H3. The smallest absolute Gasteiger partial charge is 0.0535 e. The maximum atomic E-state index is 6.22. The van der Waals surface area contributed by atoms with Crippen molar-refractivity contribution in [2.75, 3.05) is 34.1 Å². The summed E-state index contributed by atoms with van der Waals surface area (Å²) in [6.45, 7) is 3.54. The molecule has 6 nitrogen and oxygen atoms in total. The van der Waals surface area contributed by atoms with Gasteiger partial charge >= 0.3 is 0 Å². The molecular weight excluding hydrogens is 360 g/mol. The van der Waals surface area contributed by atoms with Crippen molar-refractivity contribution in [3.8, 4) is 0 Å². The van der Waals surface area contributed by atoms with Crippen LogP contribution in [0.5, 0.6) is 0 Å². The molecule has 4 rings (SSSR count). The number of nitrogens with two attached hydrogens (primary N) is 1. The van der Waals surface area contributed by atoms with E-state index in [9.17, 15) is 0 Å². The summed E-state index contributed by atoms with van der Waals surface area (Å²) in [6, 6.07) is 4.19. The Morgan fingerprint density at radius 1 is 0.517 bits per heavy atom. The molecule has 0 aromatic carbocycles. The maximum absolute atomic E-state index is 6.22. The lowest BCUT2D eigenvalue weighted by atomic mass is 9.88. The van der Waals surface area contributed by atoms with E-state index in [0.717, 1.165) is 30.2 Å². The molecular formula is C23H46N6. The number of nitrogens with zero attached hydrogens (tertiary/aromatic N) is 3. The number of rotatable bonds is 5. The molecule has 29 heavy (non-hydrogen) atoms. The van der Waals surface area contributed by atoms with E-state index in [0.29, 0.717) is 6.04 Å². The van der Waals surface area contributed by atoms with Crippen LogP contribution in [0.15, 0.2) is 0 Å². The van der Waals surface area contributed by atoms with Crippen LogP contribution in [0.4, 0.5) is 0 Å². The summed E-state index contributed by atoms with van der Waals surface area (Å²) >= 11 is 0. The van der Waals surface area contributed by atoms with Gasteiger partial charge in [-0.2, -0.15) is 0 Å². The molecule has 0 unspecified atom stereocenters. The van der Waals surface area contributed by atoms with Gasteiger partial charge in [0.05, 0.1) is 20.0 Å². The average Bonchev–Trinajstić information content (AvgIpc) is 2.79. The Morgan fingerprint density at radius 2 is 0.828 bits per heavy atom. The van der Waals surface area contributed by atoms with Crippen LogP contribution in [-0.4, -0.2) is 85.1 Å². The van der Waals surface area contributed by atoms with Crippen molar-refractivity contribution in [3.63, 3.8) is 0 Å². The first-order valence-electron chi connectivity index (χ1n) is 12.5. The molecule has 0 aromatic rings. The van der Waals surface area contributed by atoms with Gasteiger partial charge in [-0.1, -0.05) is 0 Å². The third-order valence-corrected chi connectivity index (χ3v) is 8.59. The molecule has 0 aromatic heterocycles. The fourth-order valence-corrected chi connectivity index (χ4v) is 6.45. The number of nitrogens with one attached hydrogen (secondary N) is 2. The Kier molecular flexibility index (Phi) is 7.87. The maximum Gasteiger partial charge on any atom is 0.0535 e. The second-order valence-electron chi connectivity index (χ2n) is 10.3. The topological polar surface area (TPSA) is 59.8 Å². The quantitative estimate of drug-likeness (QED) is 0.650. The van der Waals surface area contributed by atoms with Crippen molar-refractivity contribution in [1.29, 1.82) is 0 Å². The van der Waals surface area contributed by atoms with Gasteiger partial charge in [-0.3, -0.25) is 14.7 Å². The molecule has 1 saturated heterocycles. The molecule has 0 atom stereocenters. The van der Waals surface area contributed by atoms with Gasteiger partial charge in [0.1, 0.15) is 0 Å². The van der Waals surface area contributed by atoms with E-state index in [1.54, 1.807) is 0 Å². The molecule has 0 bridgehead atoms. The van der Waals surface area contributed by atoms with E-state index < -0.39 is 0 Å².